The number of nitrogens with zero attached hydrogens (tertiary/aromatic N) is 1. The molecule has 120 valence electrons. The van der Waals surface area contributed by atoms with Crippen molar-refractivity contribution in [3.63, 3.8) is 0 Å². The van der Waals surface area contributed by atoms with Gasteiger partial charge in [-0.05, 0) is 44.9 Å². The molecule has 0 aromatic rings. The standard InChI is InChI=1S/C16H28N2O3/c17-13-6-5-12(9-13)16(19)18(10-14-3-1-7-20-14)11-15-4-2-8-21-15/h12-15H,1-11,17H2. The van der Waals surface area contributed by atoms with Gasteiger partial charge in [-0.3, -0.25) is 4.79 Å². The number of amides is 1. The summed E-state index contributed by atoms with van der Waals surface area (Å²) in [5, 5.41) is 0. The molecule has 0 radical (unpaired) electrons. The van der Waals surface area contributed by atoms with Crippen molar-refractivity contribution in [2.75, 3.05) is 26.3 Å². The zero-order chi connectivity index (χ0) is 14.7. The quantitative estimate of drug-likeness (QED) is 0.830. The summed E-state index contributed by atoms with van der Waals surface area (Å²) in [6.45, 7) is 3.12. The van der Waals surface area contributed by atoms with E-state index in [1.807, 2.05) is 4.90 Å². The second kappa shape index (κ2) is 7.07. The van der Waals surface area contributed by atoms with Crippen molar-refractivity contribution in [2.24, 2.45) is 11.7 Å². The van der Waals surface area contributed by atoms with Crippen LogP contribution < -0.4 is 5.73 Å². The summed E-state index contributed by atoms with van der Waals surface area (Å²) in [6.07, 6.45) is 7.54. The summed E-state index contributed by atoms with van der Waals surface area (Å²) in [4.78, 5) is 14.8. The average molecular weight is 296 g/mol. The third kappa shape index (κ3) is 3.96. The van der Waals surface area contributed by atoms with Crippen LogP contribution in [0.5, 0.6) is 0 Å². The first kappa shape index (κ1) is 15.3. The number of rotatable bonds is 5. The molecule has 3 rings (SSSR count). The molecule has 0 spiro atoms. The van der Waals surface area contributed by atoms with Gasteiger partial charge in [-0.1, -0.05) is 0 Å². The molecule has 0 aromatic carbocycles. The zero-order valence-electron chi connectivity index (χ0n) is 12.8. The summed E-state index contributed by atoms with van der Waals surface area (Å²) >= 11 is 0. The Morgan fingerprint density at radius 1 is 1.00 bits per heavy atom. The zero-order valence-corrected chi connectivity index (χ0v) is 12.8. The van der Waals surface area contributed by atoms with Crippen LogP contribution >= 0.6 is 0 Å². The van der Waals surface area contributed by atoms with Gasteiger partial charge in [-0.15, -0.1) is 0 Å². The first-order valence-corrected chi connectivity index (χ1v) is 8.50. The molecule has 2 heterocycles. The van der Waals surface area contributed by atoms with Crippen LogP contribution in [0.4, 0.5) is 0 Å². The Hall–Kier alpha value is -0.650. The largest absolute Gasteiger partial charge is 0.376 e. The number of nitrogens with two attached hydrogens (primary N) is 1. The Labute approximate surface area is 127 Å². The van der Waals surface area contributed by atoms with Crippen molar-refractivity contribution in [1.29, 1.82) is 0 Å². The summed E-state index contributed by atoms with van der Waals surface area (Å²) in [6, 6.07) is 0.200. The molecule has 0 bridgehead atoms. The van der Waals surface area contributed by atoms with Crippen LogP contribution in [-0.4, -0.2) is 55.4 Å². The maximum Gasteiger partial charge on any atom is 0.225 e. The van der Waals surface area contributed by atoms with Gasteiger partial charge in [0.2, 0.25) is 5.91 Å². The van der Waals surface area contributed by atoms with E-state index < -0.39 is 0 Å². The highest BCUT2D eigenvalue weighted by atomic mass is 16.5. The fourth-order valence-corrected chi connectivity index (χ4v) is 3.82. The molecule has 1 aliphatic carbocycles. The van der Waals surface area contributed by atoms with Crippen molar-refractivity contribution < 1.29 is 14.3 Å². The molecular formula is C16H28N2O3. The molecule has 5 nitrogen and oxygen atoms in total. The Morgan fingerprint density at radius 3 is 2.05 bits per heavy atom. The lowest BCUT2D eigenvalue weighted by molar-refractivity contribution is -0.138. The molecule has 2 saturated heterocycles. The number of carbonyl (C=O) groups excluding carboxylic acids is 1. The lowest BCUT2D eigenvalue weighted by atomic mass is 10.0. The Bertz CT molecular complexity index is 333. The third-order valence-corrected chi connectivity index (χ3v) is 5.03. The molecule has 2 aliphatic heterocycles. The van der Waals surface area contributed by atoms with E-state index in [1.165, 1.54) is 0 Å². The normalized spacial score (nSPS) is 36.2. The third-order valence-electron chi connectivity index (χ3n) is 5.03. The van der Waals surface area contributed by atoms with Crippen molar-refractivity contribution in [2.45, 2.75) is 63.2 Å². The van der Waals surface area contributed by atoms with E-state index in [9.17, 15) is 4.79 Å². The number of carbonyl (C=O) groups is 1. The Balaban J connectivity index is 1.60. The number of ether oxygens (including phenoxy) is 2. The predicted octanol–water partition coefficient (Wildman–Crippen LogP) is 1.30. The van der Waals surface area contributed by atoms with E-state index >= 15 is 0 Å². The SMILES string of the molecule is NC1CCC(C(=O)N(CC2CCCO2)CC2CCCO2)C1. The van der Waals surface area contributed by atoms with Gasteiger partial charge in [0.15, 0.2) is 0 Å². The minimum Gasteiger partial charge on any atom is -0.376 e. The van der Waals surface area contributed by atoms with E-state index in [4.69, 9.17) is 15.2 Å². The fraction of sp³-hybridized carbons (Fsp3) is 0.938. The molecule has 1 saturated carbocycles. The van der Waals surface area contributed by atoms with Gasteiger partial charge in [0.25, 0.3) is 0 Å². The Kier molecular flexibility index (Phi) is 5.14. The van der Waals surface area contributed by atoms with Gasteiger partial charge in [-0.2, -0.15) is 0 Å². The van der Waals surface area contributed by atoms with Crippen molar-refractivity contribution >= 4 is 5.91 Å². The van der Waals surface area contributed by atoms with Crippen molar-refractivity contribution in [1.82, 2.24) is 4.90 Å². The second-order valence-electron chi connectivity index (χ2n) is 6.78. The number of hydrogen-bond donors (Lipinski definition) is 1. The number of hydrogen-bond acceptors (Lipinski definition) is 4. The van der Waals surface area contributed by atoms with E-state index in [1.54, 1.807) is 0 Å². The van der Waals surface area contributed by atoms with E-state index in [2.05, 4.69) is 0 Å². The molecule has 3 aliphatic rings. The van der Waals surface area contributed by atoms with Crippen molar-refractivity contribution in [3.8, 4) is 0 Å². The summed E-state index contributed by atoms with van der Waals surface area (Å²) in [7, 11) is 0. The molecule has 21 heavy (non-hydrogen) atoms. The van der Waals surface area contributed by atoms with Crippen molar-refractivity contribution in [3.05, 3.63) is 0 Å². The predicted molar refractivity (Wildman–Crippen MR) is 79.8 cm³/mol. The molecular weight excluding hydrogens is 268 g/mol. The van der Waals surface area contributed by atoms with Crippen LogP contribution in [0.2, 0.25) is 0 Å². The van der Waals surface area contributed by atoms with Crippen LogP contribution in [-0.2, 0) is 14.3 Å². The summed E-state index contributed by atoms with van der Waals surface area (Å²) in [5.74, 6) is 0.386. The van der Waals surface area contributed by atoms with E-state index in [-0.39, 0.29) is 30.1 Å². The lowest BCUT2D eigenvalue weighted by Gasteiger charge is -2.30. The van der Waals surface area contributed by atoms with Crippen LogP contribution in [0.25, 0.3) is 0 Å². The smallest absolute Gasteiger partial charge is 0.225 e. The van der Waals surface area contributed by atoms with Crippen LogP contribution in [0, 0.1) is 5.92 Å². The maximum atomic E-state index is 12.8. The van der Waals surface area contributed by atoms with Gasteiger partial charge >= 0.3 is 0 Å². The van der Waals surface area contributed by atoms with E-state index in [0.29, 0.717) is 0 Å². The van der Waals surface area contributed by atoms with E-state index in [0.717, 1.165) is 71.2 Å². The van der Waals surface area contributed by atoms with Crippen LogP contribution in [0.3, 0.4) is 0 Å². The van der Waals surface area contributed by atoms with Gasteiger partial charge < -0.3 is 20.1 Å². The minimum atomic E-state index is 0.114. The highest BCUT2D eigenvalue weighted by Gasteiger charge is 2.34. The summed E-state index contributed by atoms with van der Waals surface area (Å²) < 4.78 is 11.4. The van der Waals surface area contributed by atoms with Crippen LogP contribution in [0.15, 0.2) is 0 Å². The lowest BCUT2D eigenvalue weighted by Crippen LogP contribution is -2.44. The molecule has 4 atom stereocenters. The van der Waals surface area contributed by atoms with Gasteiger partial charge in [-0.25, -0.2) is 0 Å². The highest BCUT2D eigenvalue weighted by Crippen LogP contribution is 2.27. The molecule has 5 heteroatoms. The maximum absolute atomic E-state index is 12.8. The van der Waals surface area contributed by atoms with Gasteiger partial charge in [0, 0.05) is 38.3 Å². The molecule has 0 aromatic heterocycles. The average Bonchev–Trinajstić information content (AvgIpc) is 3.19. The monoisotopic (exact) mass is 296 g/mol. The minimum absolute atomic E-state index is 0.114. The second-order valence-corrected chi connectivity index (χ2v) is 6.78. The fourth-order valence-electron chi connectivity index (χ4n) is 3.82. The first-order chi connectivity index (χ1) is 10.2. The first-order valence-electron chi connectivity index (χ1n) is 8.50. The molecule has 1 amide bonds. The molecule has 3 fully saturated rings. The molecule has 2 N–H and O–H groups in total. The Morgan fingerprint density at radius 2 is 1.62 bits per heavy atom. The topological polar surface area (TPSA) is 64.8 Å². The van der Waals surface area contributed by atoms with Crippen LogP contribution in [0.1, 0.15) is 44.9 Å². The van der Waals surface area contributed by atoms with Gasteiger partial charge in [0.1, 0.15) is 0 Å². The van der Waals surface area contributed by atoms with Gasteiger partial charge in [0.05, 0.1) is 12.2 Å². The molecule has 4 unspecified atom stereocenters. The summed E-state index contributed by atoms with van der Waals surface area (Å²) in [5.41, 5.74) is 5.97. The highest BCUT2D eigenvalue weighted by molar-refractivity contribution is 5.79.